The van der Waals surface area contributed by atoms with E-state index in [0.29, 0.717) is 12.0 Å². The van der Waals surface area contributed by atoms with Gasteiger partial charge in [-0.2, -0.15) is 0 Å². The summed E-state index contributed by atoms with van der Waals surface area (Å²) >= 11 is 0. The van der Waals surface area contributed by atoms with Crippen molar-refractivity contribution in [1.29, 1.82) is 10.8 Å². The Balaban J connectivity index is 0.00000141. The Morgan fingerprint density at radius 3 is 2.38 bits per heavy atom. The molecule has 0 radical (unpaired) electrons. The van der Waals surface area contributed by atoms with Crippen LogP contribution in [-0.2, 0) is 16.0 Å². The number of ketones is 2. The van der Waals surface area contributed by atoms with Crippen molar-refractivity contribution in [3.63, 3.8) is 0 Å². The van der Waals surface area contributed by atoms with Crippen molar-refractivity contribution in [3.8, 4) is 5.75 Å². The minimum Gasteiger partial charge on any atom is -0.510 e. The lowest BCUT2D eigenvalue weighted by atomic mass is 9.58. The predicted molar refractivity (Wildman–Crippen MR) is 107 cm³/mol. The highest BCUT2D eigenvalue weighted by atomic mass is 16.3. The van der Waals surface area contributed by atoms with Crippen LogP contribution in [0.4, 0.5) is 0 Å². The van der Waals surface area contributed by atoms with Gasteiger partial charge in [-0.1, -0.05) is 12.1 Å². The van der Waals surface area contributed by atoms with Crippen LogP contribution in [0.2, 0.25) is 0 Å². The van der Waals surface area contributed by atoms with Crippen LogP contribution in [0.5, 0.6) is 5.75 Å². The lowest BCUT2D eigenvalue weighted by Crippen LogP contribution is -2.63. The highest BCUT2D eigenvalue weighted by molar-refractivity contribution is 6.24. The van der Waals surface area contributed by atoms with E-state index in [2.05, 4.69) is 0 Å². The smallest absolute Gasteiger partial charge is 0.255 e. The topological polar surface area (TPSA) is 209 Å². The minimum atomic E-state index is -2.60. The fourth-order valence-corrected chi connectivity index (χ4v) is 5.19. The van der Waals surface area contributed by atoms with Gasteiger partial charge in [-0.25, -0.2) is 0 Å². The van der Waals surface area contributed by atoms with Crippen molar-refractivity contribution in [3.05, 3.63) is 52.0 Å². The molecule has 0 spiro atoms. The Hall–Kier alpha value is -3.75. The molecule has 6 N–H and O–H groups in total. The molecule has 4 rings (SSSR count). The van der Waals surface area contributed by atoms with E-state index in [0.717, 1.165) is 0 Å². The number of rotatable bonds is 2. The molecule has 0 aromatic heterocycles. The Labute approximate surface area is 182 Å². The van der Waals surface area contributed by atoms with Gasteiger partial charge >= 0.3 is 0 Å². The van der Waals surface area contributed by atoms with Gasteiger partial charge in [-0.3, -0.25) is 19.3 Å². The molecule has 4 atom stereocenters. The number of benzene rings is 1. The standard InChI is InChI=1S/C21H22N2O7.N2/c1-23(2)15-10-7-9-6-8-4-3-5-11(24)12(8)16(25)13(9)18(27)21(10,30)19(28)14(17(15)26)20(22)29;1-2/h3-5,9-10,15,24,26-27,30H,6-7H2,1-2H3,(H2,22,29);/t9-,10+,15-,21-;/m0./s1. The molecule has 11 nitrogen and oxygen atoms in total. The van der Waals surface area contributed by atoms with Crippen LogP contribution in [0.25, 0.3) is 0 Å². The van der Waals surface area contributed by atoms with Crippen LogP contribution in [0.15, 0.2) is 40.9 Å². The molecule has 1 amide bonds. The predicted octanol–water partition coefficient (Wildman–Crippen LogP) is 0.151. The van der Waals surface area contributed by atoms with E-state index in [1.54, 1.807) is 26.2 Å². The number of likely N-dealkylation sites (N-methyl/N-ethyl adjacent to an activating group) is 1. The van der Waals surface area contributed by atoms with Crippen molar-refractivity contribution in [2.24, 2.45) is 17.6 Å². The number of amides is 1. The van der Waals surface area contributed by atoms with E-state index in [4.69, 9.17) is 16.5 Å². The molecule has 3 aliphatic rings. The summed E-state index contributed by atoms with van der Waals surface area (Å²) in [5.74, 6) is -6.42. The number of hydrogen-bond donors (Lipinski definition) is 5. The molecular weight excluding hydrogens is 420 g/mol. The van der Waals surface area contributed by atoms with E-state index in [1.165, 1.54) is 11.0 Å². The summed E-state index contributed by atoms with van der Waals surface area (Å²) < 4.78 is 0. The molecule has 3 aliphatic carbocycles. The van der Waals surface area contributed by atoms with Gasteiger partial charge in [0.25, 0.3) is 5.91 Å². The van der Waals surface area contributed by atoms with Crippen LogP contribution in [0, 0.1) is 22.6 Å². The first-order chi connectivity index (χ1) is 15.0. The molecule has 0 bridgehead atoms. The molecule has 0 saturated carbocycles. The normalized spacial score (nSPS) is 29.0. The Morgan fingerprint density at radius 2 is 1.81 bits per heavy atom. The lowest BCUT2D eigenvalue weighted by molar-refractivity contribution is -0.148. The van der Waals surface area contributed by atoms with E-state index < -0.39 is 58.0 Å². The summed E-state index contributed by atoms with van der Waals surface area (Å²) in [6, 6.07) is 3.66. The zero-order valence-electron chi connectivity index (χ0n) is 17.3. The SMILES string of the molecule is CN(C)[C@@H]1C(O)=C(C(N)=O)C(=O)[C@@]2(O)C(O)=C3C(=O)c4c(O)cccc4C[C@H]3C[C@H]12.N#N. The average Bonchev–Trinajstić information content (AvgIpc) is 2.71. The van der Waals surface area contributed by atoms with Gasteiger partial charge in [0.1, 0.15) is 22.8 Å². The van der Waals surface area contributed by atoms with Gasteiger partial charge in [0.05, 0.1) is 11.6 Å². The van der Waals surface area contributed by atoms with Crippen LogP contribution < -0.4 is 5.73 Å². The number of allylic oxidation sites excluding steroid dienone is 1. The fraction of sp³-hybridized carbons (Fsp3) is 0.381. The highest BCUT2D eigenvalue weighted by Gasteiger charge is 2.63. The number of primary amides is 1. The Morgan fingerprint density at radius 1 is 1.19 bits per heavy atom. The summed E-state index contributed by atoms with van der Waals surface area (Å²) in [6.45, 7) is 0. The van der Waals surface area contributed by atoms with Crippen molar-refractivity contribution in [2.45, 2.75) is 24.5 Å². The first-order valence-corrected chi connectivity index (χ1v) is 9.67. The largest absolute Gasteiger partial charge is 0.510 e. The highest BCUT2D eigenvalue weighted by Crippen LogP contribution is 2.52. The molecular formula is C21H22N4O7. The molecule has 168 valence electrons. The van der Waals surface area contributed by atoms with Crippen LogP contribution in [0.1, 0.15) is 22.3 Å². The van der Waals surface area contributed by atoms with E-state index in [-0.39, 0.29) is 23.3 Å². The third-order valence-electron chi connectivity index (χ3n) is 6.46. The monoisotopic (exact) mass is 442 g/mol. The summed E-state index contributed by atoms with van der Waals surface area (Å²) in [6.07, 6.45) is 0.379. The number of aliphatic hydroxyl groups excluding tert-OH is 2. The second-order valence-electron chi connectivity index (χ2n) is 8.27. The van der Waals surface area contributed by atoms with E-state index in [1.807, 2.05) is 0 Å². The maximum atomic E-state index is 13.1. The lowest BCUT2D eigenvalue weighted by Gasteiger charge is -2.50. The number of aromatic hydroxyl groups is 1. The summed E-state index contributed by atoms with van der Waals surface area (Å²) in [7, 11) is 3.18. The van der Waals surface area contributed by atoms with Gasteiger partial charge < -0.3 is 26.2 Å². The average molecular weight is 442 g/mol. The number of hydrogen-bond acceptors (Lipinski definition) is 10. The van der Waals surface area contributed by atoms with Gasteiger partial charge in [-0.15, -0.1) is 0 Å². The number of fused-ring (bicyclic) bond motifs is 3. The number of aliphatic hydroxyl groups is 3. The minimum absolute atomic E-state index is 0.0123. The van der Waals surface area contributed by atoms with Crippen LogP contribution >= 0.6 is 0 Å². The number of Topliss-reactive ketones (excluding diaryl/α,β-unsaturated/α-hetero) is 2. The third-order valence-corrected chi connectivity index (χ3v) is 6.46. The molecule has 32 heavy (non-hydrogen) atoms. The molecule has 0 fully saturated rings. The fourth-order valence-electron chi connectivity index (χ4n) is 5.19. The summed E-state index contributed by atoms with van der Waals surface area (Å²) in [5, 5.41) is 55.2. The Kier molecular flexibility index (Phi) is 5.55. The maximum absolute atomic E-state index is 13.1. The third kappa shape index (κ3) is 2.88. The molecule has 0 saturated heterocycles. The molecule has 1 aromatic carbocycles. The Bertz CT molecular complexity index is 1120. The van der Waals surface area contributed by atoms with Crippen LogP contribution in [0.3, 0.4) is 0 Å². The van der Waals surface area contributed by atoms with Crippen molar-refractivity contribution in [2.75, 3.05) is 14.1 Å². The quantitative estimate of drug-likeness (QED) is 0.309. The molecule has 0 heterocycles. The van der Waals surface area contributed by atoms with E-state index in [9.17, 15) is 34.8 Å². The first kappa shape index (κ1) is 22.9. The van der Waals surface area contributed by atoms with Crippen LogP contribution in [-0.4, -0.2) is 68.5 Å². The molecule has 1 aromatic rings. The van der Waals surface area contributed by atoms with Gasteiger partial charge in [0.15, 0.2) is 11.4 Å². The molecule has 11 heteroatoms. The zero-order valence-corrected chi connectivity index (χ0v) is 17.3. The van der Waals surface area contributed by atoms with Crippen molar-refractivity contribution < 1.29 is 34.8 Å². The number of carbonyl (C=O) groups is 3. The number of nitrogens with two attached hydrogens (primary N) is 1. The summed E-state index contributed by atoms with van der Waals surface area (Å²) in [5.41, 5.74) is 2.31. The van der Waals surface area contributed by atoms with Crippen molar-refractivity contribution >= 4 is 17.5 Å². The first-order valence-electron chi connectivity index (χ1n) is 9.67. The second kappa shape index (κ2) is 7.74. The summed E-state index contributed by atoms with van der Waals surface area (Å²) in [4.78, 5) is 39.6. The van der Waals surface area contributed by atoms with Gasteiger partial charge in [0, 0.05) is 22.3 Å². The number of phenolic OH excluding ortho intramolecular Hbond substituents is 1. The van der Waals surface area contributed by atoms with Crippen molar-refractivity contribution in [1.82, 2.24) is 4.90 Å². The zero-order chi connectivity index (χ0) is 24.1. The maximum Gasteiger partial charge on any atom is 0.255 e. The molecule has 0 aliphatic heterocycles. The number of carbonyl (C=O) groups excluding carboxylic acids is 3. The van der Waals surface area contributed by atoms with Gasteiger partial charge in [0.2, 0.25) is 5.78 Å². The van der Waals surface area contributed by atoms with E-state index >= 15 is 0 Å². The number of nitrogens with zero attached hydrogens (tertiary/aromatic N) is 3. The molecule has 0 unspecified atom stereocenters. The number of phenols is 1. The second-order valence-corrected chi connectivity index (χ2v) is 8.27. The van der Waals surface area contributed by atoms with Gasteiger partial charge in [-0.05, 0) is 44.5 Å².